The van der Waals surface area contributed by atoms with E-state index >= 15 is 0 Å². The van der Waals surface area contributed by atoms with E-state index in [0.717, 1.165) is 37.3 Å². The summed E-state index contributed by atoms with van der Waals surface area (Å²) in [6.45, 7) is 3.20. The number of hydrogen-bond donors (Lipinski definition) is 2. The lowest BCUT2D eigenvalue weighted by atomic mass is 10.1. The highest BCUT2D eigenvalue weighted by Crippen LogP contribution is 2.27. The van der Waals surface area contributed by atoms with Crippen LogP contribution in [0.15, 0.2) is 48.0 Å². The Kier molecular flexibility index (Phi) is 7.23. The molecule has 3 aromatic rings. The number of nitriles is 1. The van der Waals surface area contributed by atoms with Gasteiger partial charge in [-0.1, -0.05) is 5.18 Å². The minimum absolute atomic E-state index is 0.190. The van der Waals surface area contributed by atoms with E-state index in [1.807, 2.05) is 11.0 Å². The normalized spacial score (nSPS) is 17.4. The highest BCUT2D eigenvalue weighted by molar-refractivity contribution is 5.91. The summed E-state index contributed by atoms with van der Waals surface area (Å²) >= 11 is 0. The molecule has 5 rings (SSSR count). The van der Waals surface area contributed by atoms with E-state index in [-0.39, 0.29) is 18.5 Å². The second kappa shape index (κ2) is 11.0. The van der Waals surface area contributed by atoms with Gasteiger partial charge in [0.2, 0.25) is 11.9 Å². The fourth-order valence-corrected chi connectivity index (χ4v) is 4.54. The molecule has 5 heterocycles. The first kappa shape index (κ1) is 24.2. The molecule has 0 bridgehead atoms. The molecule has 2 aliphatic rings. The Labute approximate surface area is 213 Å². The molecule has 0 spiro atoms. The molecular weight excluding hydrogens is 472 g/mol. The molecule has 188 valence electrons. The van der Waals surface area contributed by atoms with E-state index in [1.54, 1.807) is 36.8 Å². The SMILES string of the molecule is N#Cc1cc(-c2ccnc(Nc3ccc(NC(=O)CN4CC[C@H](N=O)C4)nc3)n2)cnc1N1CCCC1. The number of pyridine rings is 2. The van der Waals surface area contributed by atoms with Gasteiger partial charge in [0.15, 0.2) is 0 Å². The number of aromatic nitrogens is 4. The predicted molar refractivity (Wildman–Crippen MR) is 138 cm³/mol. The maximum Gasteiger partial charge on any atom is 0.239 e. The van der Waals surface area contributed by atoms with Crippen LogP contribution in [0, 0.1) is 16.2 Å². The maximum atomic E-state index is 12.3. The Hall–Kier alpha value is -4.50. The molecule has 12 nitrogen and oxygen atoms in total. The number of carbonyl (C=O) groups is 1. The molecule has 0 aliphatic carbocycles. The summed E-state index contributed by atoms with van der Waals surface area (Å²) in [5.74, 6) is 1.31. The van der Waals surface area contributed by atoms with Gasteiger partial charge in [-0.2, -0.15) is 10.2 Å². The number of nitrogens with one attached hydrogen (secondary N) is 2. The maximum absolute atomic E-state index is 12.3. The zero-order valence-electron chi connectivity index (χ0n) is 20.2. The van der Waals surface area contributed by atoms with Gasteiger partial charge < -0.3 is 15.5 Å². The number of likely N-dealkylation sites (tertiary alicyclic amines) is 1. The van der Waals surface area contributed by atoms with Crippen molar-refractivity contribution in [1.29, 1.82) is 5.26 Å². The first-order valence-electron chi connectivity index (χ1n) is 12.2. The summed E-state index contributed by atoms with van der Waals surface area (Å²) in [7, 11) is 0. The van der Waals surface area contributed by atoms with Gasteiger partial charge in [0.05, 0.1) is 29.7 Å². The van der Waals surface area contributed by atoms with Gasteiger partial charge in [-0.25, -0.2) is 19.9 Å². The van der Waals surface area contributed by atoms with Crippen molar-refractivity contribution in [3.8, 4) is 17.3 Å². The molecule has 0 saturated carbocycles. The Morgan fingerprint density at radius 3 is 2.73 bits per heavy atom. The number of nitroso groups, excluding NO2 is 1. The van der Waals surface area contributed by atoms with Gasteiger partial charge in [-0.15, -0.1) is 0 Å². The van der Waals surface area contributed by atoms with Gasteiger partial charge in [-0.3, -0.25) is 9.69 Å². The molecule has 37 heavy (non-hydrogen) atoms. The Morgan fingerprint density at radius 1 is 1.14 bits per heavy atom. The van der Waals surface area contributed by atoms with Gasteiger partial charge in [0.1, 0.15) is 23.7 Å². The van der Waals surface area contributed by atoms with Crippen LogP contribution in [0.1, 0.15) is 24.8 Å². The van der Waals surface area contributed by atoms with Crippen LogP contribution in [0.4, 0.5) is 23.3 Å². The van der Waals surface area contributed by atoms with Crippen LogP contribution in [-0.2, 0) is 4.79 Å². The van der Waals surface area contributed by atoms with Crippen LogP contribution >= 0.6 is 0 Å². The monoisotopic (exact) mass is 498 g/mol. The van der Waals surface area contributed by atoms with Crippen molar-refractivity contribution < 1.29 is 4.79 Å². The second-order valence-corrected chi connectivity index (χ2v) is 9.05. The molecule has 12 heteroatoms. The summed E-state index contributed by atoms with van der Waals surface area (Å²) < 4.78 is 0. The van der Waals surface area contributed by atoms with Crippen molar-refractivity contribution in [1.82, 2.24) is 24.8 Å². The van der Waals surface area contributed by atoms with Crippen LogP contribution in [0.25, 0.3) is 11.3 Å². The van der Waals surface area contributed by atoms with Crippen molar-refractivity contribution in [2.75, 3.05) is 48.3 Å². The highest BCUT2D eigenvalue weighted by Gasteiger charge is 2.24. The zero-order chi connectivity index (χ0) is 25.6. The summed E-state index contributed by atoms with van der Waals surface area (Å²) in [6.07, 6.45) is 7.84. The molecule has 0 radical (unpaired) electrons. The van der Waals surface area contributed by atoms with E-state index in [4.69, 9.17) is 0 Å². The molecule has 2 aliphatic heterocycles. The van der Waals surface area contributed by atoms with Crippen LogP contribution in [0.3, 0.4) is 0 Å². The first-order valence-corrected chi connectivity index (χ1v) is 12.2. The van der Waals surface area contributed by atoms with Crippen molar-refractivity contribution >= 4 is 29.2 Å². The highest BCUT2D eigenvalue weighted by atomic mass is 16.3. The quantitative estimate of drug-likeness (QED) is 0.443. The molecule has 0 unspecified atom stereocenters. The third-order valence-corrected chi connectivity index (χ3v) is 6.39. The molecular formula is C25H26N10O2. The van der Waals surface area contributed by atoms with Gasteiger partial charge >= 0.3 is 0 Å². The third-order valence-electron chi connectivity index (χ3n) is 6.39. The van der Waals surface area contributed by atoms with E-state index in [0.29, 0.717) is 48.2 Å². The molecule has 1 amide bonds. The molecule has 0 aromatic carbocycles. The van der Waals surface area contributed by atoms with Gasteiger partial charge in [0.25, 0.3) is 0 Å². The Bertz CT molecular complexity index is 1320. The lowest BCUT2D eigenvalue weighted by Gasteiger charge is -2.18. The number of amides is 1. The number of anilines is 4. The van der Waals surface area contributed by atoms with Crippen LogP contribution < -0.4 is 15.5 Å². The van der Waals surface area contributed by atoms with Crippen LogP contribution in [0.2, 0.25) is 0 Å². The third kappa shape index (κ3) is 5.84. The average molecular weight is 499 g/mol. The standard InChI is InChI=1S/C25H26N10O2/c26-12-17-11-18(13-29-24(17)35-8-1-2-9-35)21-5-7-27-25(31-21)30-19-3-4-22(28-14-19)32-23(36)16-34-10-6-20(15-34)33-37/h3-5,7,11,13-14,20H,1-2,6,8-10,15-16H2,(H,27,30,31)(H,28,32,36)/t20-/m0/s1. The molecule has 2 fully saturated rings. The first-order chi connectivity index (χ1) is 18.1. The van der Waals surface area contributed by atoms with Gasteiger partial charge in [-0.05, 0) is 43.5 Å². The Morgan fingerprint density at radius 2 is 2.00 bits per heavy atom. The van der Waals surface area contributed by atoms with E-state index in [2.05, 4.69) is 46.7 Å². The van der Waals surface area contributed by atoms with Crippen molar-refractivity contribution in [3.05, 3.63) is 53.3 Å². The number of carbonyl (C=O) groups excluding carboxylic acids is 1. The van der Waals surface area contributed by atoms with E-state index < -0.39 is 0 Å². The Balaban J connectivity index is 1.21. The van der Waals surface area contributed by atoms with Crippen molar-refractivity contribution in [2.24, 2.45) is 5.18 Å². The smallest absolute Gasteiger partial charge is 0.239 e. The number of nitrogens with zero attached hydrogens (tertiary/aromatic N) is 8. The molecule has 1 atom stereocenters. The van der Waals surface area contributed by atoms with E-state index in [1.165, 1.54) is 0 Å². The largest absolute Gasteiger partial charge is 0.356 e. The fraction of sp³-hybridized carbons (Fsp3) is 0.360. The minimum atomic E-state index is -0.240. The summed E-state index contributed by atoms with van der Waals surface area (Å²) in [6, 6.07) is 9.05. The molecule has 2 saturated heterocycles. The fourth-order valence-electron chi connectivity index (χ4n) is 4.54. The number of hydrogen-bond acceptors (Lipinski definition) is 11. The topological polar surface area (TPSA) is 152 Å². The zero-order valence-corrected chi connectivity index (χ0v) is 20.2. The van der Waals surface area contributed by atoms with Crippen molar-refractivity contribution in [2.45, 2.75) is 25.3 Å². The van der Waals surface area contributed by atoms with E-state index in [9.17, 15) is 15.0 Å². The minimum Gasteiger partial charge on any atom is -0.356 e. The predicted octanol–water partition coefficient (Wildman–Crippen LogP) is 2.93. The van der Waals surface area contributed by atoms with Crippen LogP contribution in [-0.4, -0.2) is 69.5 Å². The lowest BCUT2D eigenvalue weighted by molar-refractivity contribution is -0.117. The lowest BCUT2D eigenvalue weighted by Crippen LogP contribution is -2.32. The van der Waals surface area contributed by atoms with Crippen LogP contribution in [0.5, 0.6) is 0 Å². The molecule has 2 N–H and O–H groups in total. The van der Waals surface area contributed by atoms with Gasteiger partial charge in [0, 0.05) is 44.1 Å². The summed E-state index contributed by atoms with van der Waals surface area (Å²) in [5, 5.41) is 18.6. The summed E-state index contributed by atoms with van der Waals surface area (Å²) in [5.41, 5.74) is 2.55. The number of rotatable bonds is 8. The summed E-state index contributed by atoms with van der Waals surface area (Å²) in [4.78, 5) is 44.7. The van der Waals surface area contributed by atoms with Crippen molar-refractivity contribution in [3.63, 3.8) is 0 Å². The molecule has 3 aromatic heterocycles. The average Bonchev–Trinajstić information content (AvgIpc) is 3.62. The second-order valence-electron chi connectivity index (χ2n) is 9.05.